The molecule has 0 aromatic rings. The van der Waals surface area contributed by atoms with Crippen LogP contribution in [0.25, 0.3) is 0 Å². The molecular weight excluding hydrogens is 429 g/mol. The fraction of sp³-hybridized carbons (Fsp3) is 0.588. The van der Waals surface area contributed by atoms with Crippen LogP contribution in [0.15, 0.2) is 11.6 Å². The Balaban J connectivity index is 5.10. The minimum atomic E-state index is -1.66. The fourth-order valence-electron chi connectivity index (χ4n) is 1.30. The maximum absolute atomic E-state index is 11.6. The zero-order chi connectivity index (χ0) is 20.6. The second kappa shape index (κ2) is 10.7. The number of hydrogen-bond acceptors (Lipinski definition) is 3. The number of amides is 1. The SMILES string of the molecule is C[Si](C)(C)C#C/C(=C\CNC(=O)OCC(Cl)(Cl)Cl)C(O)C#C[Si](C)(C)C. The monoisotopic (exact) mass is 453 g/mol. The molecule has 0 rings (SSSR count). The van der Waals surface area contributed by atoms with Gasteiger partial charge in [0.15, 0.2) is 0 Å². The van der Waals surface area contributed by atoms with E-state index in [0.29, 0.717) is 5.57 Å². The van der Waals surface area contributed by atoms with E-state index in [1.165, 1.54) is 0 Å². The number of hydrogen-bond donors (Lipinski definition) is 2. The third-order valence-corrected chi connectivity index (χ3v) is 4.49. The van der Waals surface area contributed by atoms with Crippen molar-refractivity contribution in [3.63, 3.8) is 0 Å². The lowest BCUT2D eigenvalue weighted by Gasteiger charge is -2.12. The van der Waals surface area contributed by atoms with Gasteiger partial charge in [-0.25, -0.2) is 4.79 Å². The minimum absolute atomic E-state index is 0.111. The second-order valence-electron chi connectivity index (χ2n) is 7.65. The van der Waals surface area contributed by atoms with Crippen LogP contribution in [0.2, 0.25) is 39.3 Å². The fourth-order valence-corrected chi connectivity index (χ4v) is 2.55. The first-order valence-corrected chi connectivity index (χ1v) is 16.1. The van der Waals surface area contributed by atoms with Gasteiger partial charge in [-0.1, -0.05) is 92.0 Å². The van der Waals surface area contributed by atoms with Crippen molar-refractivity contribution in [3.05, 3.63) is 11.6 Å². The van der Waals surface area contributed by atoms with Crippen molar-refractivity contribution < 1.29 is 14.6 Å². The Labute approximate surface area is 173 Å². The molecular formula is C17H26Cl3NO3Si2. The van der Waals surface area contributed by atoms with Crippen molar-refractivity contribution in [2.24, 2.45) is 0 Å². The Morgan fingerprint density at radius 2 is 1.69 bits per heavy atom. The van der Waals surface area contributed by atoms with E-state index in [1.54, 1.807) is 6.08 Å². The molecule has 0 saturated carbocycles. The van der Waals surface area contributed by atoms with E-state index in [0.717, 1.165) is 0 Å². The van der Waals surface area contributed by atoms with Crippen LogP contribution in [0.4, 0.5) is 4.79 Å². The van der Waals surface area contributed by atoms with E-state index < -0.39 is 32.1 Å². The van der Waals surface area contributed by atoms with E-state index in [4.69, 9.17) is 39.5 Å². The summed E-state index contributed by atoms with van der Waals surface area (Å²) in [6, 6.07) is 0. The predicted molar refractivity (Wildman–Crippen MR) is 116 cm³/mol. The average molecular weight is 455 g/mol. The highest BCUT2D eigenvalue weighted by molar-refractivity contribution is 6.84. The van der Waals surface area contributed by atoms with Crippen LogP contribution in [-0.2, 0) is 4.74 Å². The largest absolute Gasteiger partial charge is 0.445 e. The average Bonchev–Trinajstić information content (AvgIpc) is 2.43. The Morgan fingerprint density at radius 3 is 2.15 bits per heavy atom. The first-order chi connectivity index (χ1) is 11.6. The number of rotatable bonds is 4. The van der Waals surface area contributed by atoms with Crippen LogP contribution in [-0.4, -0.2) is 50.4 Å². The molecule has 0 aliphatic carbocycles. The molecule has 0 spiro atoms. The molecule has 146 valence electrons. The third-order valence-electron chi connectivity index (χ3n) is 2.40. The van der Waals surface area contributed by atoms with Crippen LogP contribution in [0, 0.1) is 22.9 Å². The van der Waals surface area contributed by atoms with Crippen molar-refractivity contribution in [1.82, 2.24) is 5.32 Å². The number of nitrogens with one attached hydrogen (secondary N) is 1. The van der Waals surface area contributed by atoms with Crippen molar-refractivity contribution in [1.29, 1.82) is 0 Å². The first-order valence-electron chi connectivity index (χ1n) is 8.00. The summed E-state index contributed by atoms with van der Waals surface area (Å²) in [6.45, 7) is 12.3. The van der Waals surface area contributed by atoms with Gasteiger partial charge in [0.05, 0.1) is 0 Å². The first kappa shape index (κ1) is 25.4. The summed E-state index contributed by atoms with van der Waals surface area (Å²) in [5, 5.41) is 12.8. The van der Waals surface area contributed by atoms with Crippen LogP contribution in [0.5, 0.6) is 0 Å². The van der Waals surface area contributed by atoms with Gasteiger partial charge in [0, 0.05) is 12.1 Å². The number of alkyl halides is 3. The van der Waals surface area contributed by atoms with Crippen LogP contribution in [0.3, 0.4) is 0 Å². The van der Waals surface area contributed by atoms with Gasteiger partial charge in [-0.3, -0.25) is 0 Å². The number of carbonyl (C=O) groups excluding carboxylic acids is 1. The summed E-state index contributed by atoms with van der Waals surface area (Å²) in [5.41, 5.74) is 6.77. The standard InChI is InChI=1S/C17H26Cl3NO3Si2/c1-25(2,3)11-8-14(15(22)9-12-26(4,5)6)7-10-21-16(23)24-13-17(18,19)20/h7,15,22H,10,13H2,1-6H3,(H,21,23)/b14-7+. The van der Waals surface area contributed by atoms with Gasteiger partial charge in [0.1, 0.15) is 28.9 Å². The predicted octanol–water partition coefficient (Wildman–Crippen LogP) is 4.13. The normalized spacial score (nSPS) is 13.7. The van der Waals surface area contributed by atoms with Gasteiger partial charge < -0.3 is 15.2 Å². The van der Waals surface area contributed by atoms with Gasteiger partial charge >= 0.3 is 6.09 Å². The molecule has 2 N–H and O–H groups in total. The highest BCUT2D eigenvalue weighted by atomic mass is 35.6. The molecule has 0 aliphatic heterocycles. The Bertz CT molecular complexity index is 639. The Kier molecular flexibility index (Phi) is 10.4. The maximum atomic E-state index is 11.6. The molecule has 0 radical (unpaired) electrons. The summed E-state index contributed by atoms with van der Waals surface area (Å²) in [7, 11) is -3.25. The number of ether oxygens (including phenoxy) is 1. The smallest absolute Gasteiger partial charge is 0.407 e. The molecule has 0 fully saturated rings. The topological polar surface area (TPSA) is 58.6 Å². The minimum Gasteiger partial charge on any atom is -0.445 e. The van der Waals surface area contributed by atoms with E-state index in [-0.39, 0.29) is 13.2 Å². The van der Waals surface area contributed by atoms with E-state index in [2.05, 4.69) is 67.5 Å². The molecule has 0 bridgehead atoms. The van der Waals surface area contributed by atoms with Crippen molar-refractivity contribution >= 4 is 57.0 Å². The second-order valence-corrected chi connectivity index (χ2v) is 19.7. The molecule has 0 heterocycles. The van der Waals surface area contributed by atoms with Crippen molar-refractivity contribution in [2.75, 3.05) is 13.2 Å². The molecule has 1 amide bonds. The summed E-state index contributed by atoms with van der Waals surface area (Å²) >= 11 is 16.5. The molecule has 1 unspecified atom stereocenters. The highest BCUT2D eigenvalue weighted by Gasteiger charge is 2.22. The third kappa shape index (κ3) is 15.6. The molecule has 0 aromatic heterocycles. The lowest BCUT2D eigenvalue weighted by Crippen LogP contribution is -2.28. The van der Waals surface area contributed by atoms with Gasteiger partial charge in [-0.15, -0.1) is 11.1 Å². The van der Waals surface area contributed by atoms with Crippen molar-refractivity contribution in [3.8, 4) is 22.9 Å². The van der Waals surface area contributed by atoms with Gasteiger partial charge in [-0.2, -0.15) is 0 Å². The molecule has 9 heteroatoms. The molecule has 4 nitrogen and oxygen atoms in total. The number of halogens is 3. The van der Waals surface area contributed by atoms with Gasteiger partial charge in [0.2, 0.25) is 3.79 Å². The molecule has 0 saturated heterocycles. The van der Waals surface area contributed by atoms with Crippen molar-refractivity contribution in [2.45, 2.75) is 49.2 Å². The summed E-state index contributed by atoms with van der Waals surface area (Å²) in [5.74, 6) is 5.86. The zero-order valence-corrected chi connectivity index (χ0v) is 20.2. The summed E-state index contributed by atoms with van der Waals surface area (Å²) < 4.78 is 3.10. The lowest BCUT2D eigenvalue weighted by molar-refractivity contribution is 0.149. The molecule has 0 aliphatic rings. The maximum Gasteiger partial charge on any atom is 0.407 e. The van der Waals surface area contributed by atoms with Crippen LogP contribution < -0.4 is 5.32 Å². The van der Waals surface area contributed by atoms with E-state index in [1.807, 2.05) is 0 Å². The Morgan fingerprint density at radius 1 is 1.15 bits per heavy atom. The summed E-state index contributed by atoms with van der Waals surface area (Å²) in [6.07, 6.45) is -0.106. The molecule has 26 heavy (non-hydrogen) atoms. The van der Waals surface area contributed by atoms with Crippen LogP contribution >= 0.6 is 34.8 Å². The number of aliphatic hydroxyl groups is 1. The van der Waals surface area contributed by atoms with Crippen LogP contribution in [0.1, 0.15) is 0 Å². The van der Waals surface area contributed by atoms with Gasteiger partial charge in [-0.05, 0) is 0 Å². The van der Waals surface area contributed by atoms with E-state index >= 15 is 0 Å². The number of aliphatic hydroxyl groups excluding tert-OH is 1. The lowest BCUT2D eigenvalue weighted by atomic mass is 10.1. The quantitative estimate of drug-likeness (QED) is 0.381. The molecule has 1 atom stereocenters. The van der Waals surface area contributed by atoms with E-state index in [9.17, 15) is 9.90 Å². The Hall–Kier alpha value is -0.606. The number of alkyl carbamates (subject to hydrolysis) is 1. The molecule has 0 aromatic carbocycles. The van der Waals surface area contributed by atoms with Gasteiger partial charge in [0.25, 0.3) is 0 Å². The highest BCUT2D eigenvalue weighted by Crippen LogP contribution is 2.25. The zero-order valence-electron chi connectivity index (χ0n) is 16.0. The number of carbonyl (C=O) groups is 1. The summed E-state index contributed by atoms with van der Waals surface area (Å²) in [4.78, 5) is 11.6.